The third kappa shape index (κ3) is 2.33. The molecular formula is C4H11N3. The fraction of sp³-hybridized carbons (Fsp3) is 0.500. The molecule has 3 nitrogen and oxygen atoms in total. The van der Waals surface area contributed by atoms with Gasteiger partial charge in [-0.15, -0.1) is 0 Å². The van der Waals surface area contributed by atoms with Crippen LogP contribution in [0.15, 0.2) is 12.7 Å². The van der Waals surface area contributed by atoms with E-state index in [0.29, 0.717) is 0 Å². The van der Waals surface area contributed by atoms with Crippen LogP contribution in [-0.2, 0) is 0 Å². The molecule has 0 bridgehead atoms. The third-order valence-corrected chi connectivity index (χ3v) is 0.735. The van der Waals surface area contributed by atoms with Crippen LogP contribution in [0.3, 0.4) is 0 Å². The second kappa shape index (κ2) is 2.07. The quantitative estimate of drug-likeness (QED) is 0.187. The van der Waals surface area contributed by atoms with Gasteiger partial charge in [-0.1, -0.05) is 12.7 Å². The minimum Gasteiger partial charge on any atom is -0.309 e. The van der Waals surface area contributed by atoms with Gasteiger partial charge in [0.15, 0.2) is 0 Å². The molecule has 0 spiro atoms. The first-order valence-electron chi connectivity index (χ1n) is 2.02. The molecule has 0 rings (SSSR count). The zero-order valence-electron chi connectivity index (χ0n) is 4.44. The summed E-state index contributed by atoms with van der Waals surface area (Å²) in [5.41, 5.74) is 7.09. The zero-order chi connectivity index (χ0) is 5.91. The van der Waals surface area contributed by atoms with E-state index in [-0.39, 0.29) is 0 Å². The molecule has 0 aromatic heterocycles. The normalized spacial score (nSPS) is 18.1. The van der Waals surface area contributed by atoms with Gasteiger partial charge in [0.1, 0.15) is 0 Å². The largest absolute Gasteiger partial charge is 0.309 e. The lowest BCUT2D eigenvalue weighted by atomic mass is 10.2. The fourth-order valence-corrected chi connectivity index (χ4v) is 0.0589. The first kappa shape index (κ1) is 6.62. The molecule has 0 aliphatic carbocycles. The Hall–Kier alpha value is -0.380. The Morgan fingerprint density at radius 2 is 2.29 bits per heavy atom. The van der Waals surface area contributed by atoms with Crippen molar-refractivity contribution >= 4 is 0 Å². The van der Waals surface area contributed by atoms with E-state index >= 15 is 0 Å². The predicted octanol–water partition coefficient (Wildman–Crippen LogP) is -0.689. The van der Waals surface area contributed by atoms with E-state index in [1.165, 1.54) is 6.08 Å². The summed E-state index contributed by atoms with van der Waals surface area (Å²) in [6.45, 7) is 5.16. The number of hydrogen-bond donors (Lipinski definition) is 3. The van der Waals surface area contributed by atoms with Crippen LogP contribution in [0.4, 0.5) is 0 Å². The molecule has 0 fully saturated rings. The van der Waals surface area contributed by atoms with Crippen LogP contribution in [0.25, 0.3) is 0 Å². The van der Waals surface area contributed by atoms with Crippen molar-refractivity contribution in [1.29, 1.82) is 0 Å². The second-order valence-corrected chi connectivity index (χ2v) is 1.63. The SMILES string of the molecule is C=CC(C)(N)NN. The minimum absolute atomic E-state index is 0.625. The Labute approximate surface area is 43.3 Å². The molecule has 1 unspecified atom stereocenters. The van der Waals surface area contributed by atoms with Crippen molar-refractivity contribution in [3.63, 3.8) is 0 Å². The number of hydrogen-bond acceptors (Lipinski definition) is 3. The number of nitrogens with one attached hydrogen (secondary N) is 1. The average molecular weight is 101 g/mol. The second-order valence-electron chi connectivity index (χ2n) is 1.63. The summed E-state index contributed by atoms with van der Waals surface area (Å²) in [6.07, 6.45) is 1.53. The van der Waals surface area contributed by atoms with Gasteiger partial charge in [0.05, 0.1) is 5.66 Å². The first-order chi connectivity index (χ1) is 3.12. The van der Waals surface area contributed by atoms with Crippen LogP contribution in [0.1, 0.15) is 6.92 Å². The Kier molecular flexibility index (Phi) is 1.95. The van der Waals surface area contributed by atoms with Gasteiger partial charge in [-0.25, -0.2) is 5.43 Å². The van der Waals surface area contributed by atoms with Gasteiger partial charge in [0.25, 0.3) is 0 Å². The highest BCUT2D eigenvalue weighted by molar-refractivity contribution is 4.91. The molecule has 42 valence electrons. The van der Waals surface area contributed by atoms with Gasteiger partial charge >= 0.3 is 0 Å². The molecule has 0 radical (unpaired) electrons. The lowest BCUT2D eigenvalue weighted by molar-refractivity contribution is 0.468. The van der Waals surface area contributed by atoms with Crippen LogP contribution < -0.4 is 17.0 Å². The molecule has 0 amide bonds. The summed E-state index contributed by atoms with van der Waals surface area (Å²) in [6, 6.07) is 0. The summed E-state index contributed by atoms with van der Waals surface area (Å²) >= 11 is 0. The lowest BCUT2D eigenvalue weighted by Gasteiger charge is -2.16. The van der Waals surface area contributed by atoms with Gasteiger partial charge in [-0.2, -0.15) is 0 Å². The molecule has 0 heterocycles. The molecule has 0 aliphatic heterocycles. The van der Waals surface area contributed by atoms with Crippen molar-refractivity contribution < 1.29 is 0 Å². The van der Waals surface area contributed by atoms with Crippen molar-refractivity contribution in [2.45, 2.75) is 12.6 Å². The molecular weight excluding hydrogens is 90.1 g/mol. The maximum atomic E-state index is 5.36. The van der Waals surface area contributed by atoms with E-state index in [9.17, 15) is 0 Å². The van der Waals surface area contributed by atoms with Crippen molar-refractivity contribution in [2.24, 2.45) is 11.6 Å². The lowest BCUT2D eigenvalue weighted by Crippen LogP contribution is -2.52. The summed E-state index contributed by atoms with van der Waals surface area (Å²) in [4.78, 5) is 0. The van der Waals surface area contributed by atoms with Crippen LogP contribution >= 0.6 is 0 Å². The summed E-state index contributed by atoms with van der Waals surface area (Å²) in [7, 11) is 0. The molecule has 5 N–H and O–H groups in total. The molecule has 0 saturated carbocycles. The fourth-order valence-electron chi connectivity index (χ4n) is 0.0589. The Bertz CT molecular complexity index is 67.3. The predicted molar refractivity (Wildman–Crippen MR) is 30.1 cm³/mol. The molecule has 7 heavy (non-hydrogen) atoms. The number of hydrazine groups is 1. The van der Waals surface area contributed by atoms with Gasteiger partial charge in [-0.3, -0.25) is 5.84 Å². The van der Waals surface area contributed by atoms with Crippen LogP contribution in [0.5, 0.6) is 0 Å². The van der Waals surface area contributed by atoms with E-state index in [4.69, 9.17) is 11.6 Å². The van der Waals surface area contributed by atoms with Gasteiger partial charge in [0.2, 0.25) is 0 Å². The molecule has 0 aliphatic rings. The molecule has 1 atom stereocenters. The van der Waals surface area contributed by atoms with Crippen LogP contribution in [0.2, 0.25) is 0 Å². The van der Waals surface area contributed by atoms with E-state index < -0.39 is 5.66 Å². The van der Waals surface area contributed by atoms with Gasteiger partial charge in [-0.05, 0) is 6.92 Å². The van der Waals surface area contributed by atoms with E-state index in [1.54, 1.807) is 6.92 Å². The Morgan fingerprint density at radius 1 is 1.86 bits per heavy atom. The summed E-state index contributed by atoms with van der Waals surface area (Å²) in [5, 5.41) is 0. The zero-order valence-corrected chi connectivity index (χ0v) is 4.44. The minimum atomic E-state index is -0.625. The van der Waals surface area contributed by atoms with Crippen LogP contribution in [-0.4, -0.2) is 5.66 Å². The monoisotopic (exact) mass is 101 g/mol. The first-order valence-corrected chi connectivity index (χ1v) is 2.02. The van der Waals surface area contributed by atoms with E-state index in [2.05, 4.69) is 12.0 Å². The maximum absolute atomic E-state index is 5.36. The Balaban J connectivity index is 3.58. The molecule has 0 aromatic rings. The molecule has 0 saturated heterocycles. The molecule has 3 heteroatoms. The van der Waals surface area contributed by atoms with E-state index in [1.807, 2.05) is 0 Å². The van der Waals surface area contributed by atoms with E-state index in [0.717, 1.165) is 0 Å². The number of rotatable bonds is 2. The van der Waals surface area contributed by atoms with Crippen molar-refractivity contribution in [3.05, 3.63) is 12.7 Å². The van der Waals surface area contributed by atoms with Gasteiger partial charge < -0.3 is 5.73 Å². The van der Waals surface area contributed by atoms with Crippen LogP contribution in [0, 0.1) is 0 Å². The van der Waals surface area contributed by atoms with Crippen molar-refractivity contribution in [2.75, 3.05) is 0 Å². The number of nitrogens with two attached hydrogens (primary N) is 2. The highest BCUT2D eigenvalue weighted by Gasteiger charge is 2.06. The third-order valence-electron chi connectivity index (χ3n) is 0.735. The maximum Gasteiger partial charge on any atom is 0.0946 e. The summed E-state index contributed by atoms with van der Waals surface area (Å²) in [5.74, 6) is 4.97. The smallest absolute Gasteiger partial charge is 0.0946 e. The highest BCUT2D eigenvalue weighted by Crippen LogP contribution is 1.87. The Morgan fingerprint density at radius 3 is 2.29 bits per heavy atom. The van der Waals surface area contributed by atoms with Crippen molar-refractivity contribution in [3.8, 4) is 0 Å². The topological polar surface area (TPSA) is 64.1 Å². The van der Waals surface area contributed by atoms with Gasteiger partial charge in [0, 0.05) is 0 Å². The highest BCUT2D eigenvalue weighted by atomic mass is 15.3. The molecule has 0 aromatic carbocycles. The van der Waals surface area contributed by atoms with Crippen molar-refractivity contribution in [1.82, 2.24) is 5.43 Å². The summed E-state index contributed by atoms with van der Waals surface area (Å²) < 4.78 is 0. The standard InChI is InChI=1S/C4H11N3/c1-3-4(2,5)7-6/h3,7H,1,5-6H2,2H3. The average Bonchev–Trinajstić information content (AvgIpc) is 1.68.